The first-order chi connectivity index (χ1) is 13.9. The Morgan fingerprint density at radius 3 is 2.45 bits per heavy atom. The molecule has 10 heteroatoms. The summed E-state index contributed by atoms with van der Waals surface area (Å²) in [7, 11) is 0. The molecule has 2 heterocycles. The first kappa shape index (κ1) is 20.3. The zero-order chi connectivity index (χ0) is 21.0. The summed E-state index contributed by atoms with van der Waals surface area (Å²) < 4.78 is 0. The number of carboxylic acids is 1. The average Bonchev–Trinajstić information content (AvgIpc) is 2.93. The van der Waals surface area contributed by atoms with Gasteiger partial charge in [0, 0.05) is 31.6 Å². The van der Waals surface area contributed by atoms with Crippen molar-refractivity contribution in [2.75, 3.05) is 19.6 Å². The second-order valence-electron chi connectivity index (χ2n) is 7.16. The summed E-state index contributed by atoms with van der Waals surface area (Å²) in [5, 5.41) is 14.9. The van der Waals surface area contributed by atoms with E-state index in [1.54, 1.807) is 29.2 Å². The molecule has 2 saturated heterocycles. The fourth-order valence-corrected chi connectivity index (χ4v) is 3.68. The summed E-state index contributed by atoms with van der Waals surface area (Å²) in [6.07, 6.45) is 2.21. The topological polar surface area (TPSA) is 145 Å². The summed E-state index contributed by atoms with van der Waals surface area (Å²) in [6.45, 7) is 0.736. The minimum absolute atomic E-state index is 0.0693. The highest BCUT2D eigenvalue weighted by atomic mass is 16.4. The number of amides is 4. The molecular weight excluding hydrogens is 378 g/mol. The van der Waals surface area contributed by atoms with E-state index in [2.05, 4.69) is 10.4 Å². The summed E-state index contributed by atoms with van der Waals surface area (Å²) in [5.74, 6) is 3.65. The molecule has 1 aromatic carbocycles. The number of carboxylic acid groups (broad SMARTS) is 1. The Bertz CT molecular complexity index is 843. The average molecular weight is 401 g/mol. The summed E-state index contributed by atoms with van der Waals surface area (Å²) in [6, 6.07) is 6.36. The molecule has 0 aromatic heterocycles. The third-order valence-electron chi connectivity index (χ3n) is 5.30. The van der Waals surface area contributed by atoms with Crippen molar-refractivity contribution in [3.05, 3.63) is 35.4 Å². The number of hydrogen-bond donors (Lipinski definition) is 3. The predicted octanol–water partition coefficient (Wildman–Crippen LogP) is 0.371. The van der Waals surface area contributed by atoms with Gasteiger partial charge in [-0.3, -0.25) is 19.3 Å². The minimum Gasteiger partial charge on any atom is -0.481 e. The van der Waals surface area contributed by atoms with E-state index in [1.165, 1.54) is 6.21 Å². The van der Waals surface area contributed by atoms with Crippen molar-refractivity contribution in [3.8, 4) is 0 Å². The number of rotatable bonds is 6. The number of benzene rings is 1. The lowest BCUT2D eigenvalue weighted by Crippen LogP contribution is -2.55. The van der Waals surface area contributed by atoms with Crippen molar-refractivity contribution in [2.45, 2.75) is 31.2 Å². The van der Waals surface area contributed by atoms with Crippen LogP contribution in [0.2, 0.25) is 0 Å². The van der Waals surface area contributed by atoms with Gasteiger partial charge in [-0.05, 0) is 37.0 Å². The van der Waals surface area contributed by atoms with Gasteiger partial charge in [-0.1, -0.05) is 12.1 Å². The largest absolute Gasteiger partial charge is 0.481 e. The molecule has 0 unspecified atom stereocenters. The van der Waals surface area contributed by atoms with Crippen molar-refractivity contribution < 1.29 is 24.3 Å². The van der Waals surface area contributed by atoms with E-state index in [0.29, 0.717) is 31.5 Å². The summed E-state index contributed by atoms with van der Waals surface area (Å²) >= 11 is 0. The smallest absolute Gasteiger partial charge is 0.325 e. The molecule has 4 N–H and O–H groups in total. The lowest BCUT2D eigenvalue weighted by molar-refractivity contribution is -0.138. The molecule has 2 fully saturated rings. The number of likely N-dealkylation sites (tertiary alicyclic amines) is 1. The highest BCUT2D eigenvalue weighted by Crippen LogP contribution is 2.30. The van der Waals surface area contributed by atoms with E-state index in [1.807, 2.05) is 0 Å². The highest BCUT2D eigenvalue weighted by Gasteiger charge is 2.52. The molecule has 0 atom stereocenters. The van der Waals surface area contributed by atoms with Crippen LogP contribution in [0.1, 0.15) is 41.6 Å². The van der Waals surface area contributed by atoms with Gasteiger partial charge in [0.15, 0.2) is 0 Å². The van der Waals surface area contributed by atoms with Crippen LogP contribution in [0.15, 0.2) is 29.4 Å². The molecule has 0 radical (unpaired) electrons. The van der Waals surface area contributed by atoms with Crippen LogP contribution in [0.4, 0.5) is 4.79 Å². The van der Waals surface area contributed by atoms with E-state index in [9.17, 15) is 19.2 Å². The molecule has 1 spiro atoms. The van der Waals surface area contributed by atoms with Crippen LogP contribution >= 0.6 is 0 Å². The van der Waals surface area contributed by atoms with Gasteiger partial charge >= 0.3 is 12.0 Å². The molecule has 2 aliphatic rings. The van der Waals surface area contributed by atoms with E-state index < -0.39 is 17.5 Å². The number of nitrogens with one attached hydrogen (secondary N) is 1. The Labute approximate surface area is 167 Å². The maximum absolute atomic E-state index is 12.8. The predicted molar refractivity (Wildman–Crippen MR) is 103 cm³/mol. The molecular formula is C19H23N5O5. The molecule has 0 bridgehead atoms. The molecule has 0 saturated carbocycles. The number of imide groups is 1. The Morgan fingerprint density at radius 1 is 1.21 bits per heavy atom. The number of nitrogens with zero attached hydrogens (tertiary/aromatic N) is 3. The maximum Gasteiger partial charge on any atom is 0.325 e. The second-order valence-corrected chi connectivity index (χ2v) is 7.16. The third kappa shape index (κ3) is 4.20. The lowest BCUT2D eigenvalue weighted by Gasteiger charge is -2.37. The fourth-order valence-electron chi connectivity index (χ4n) is 3.68. The van der Waals surface area contributed by atoms with E-state index in [0.717, 1.165) is 10.5 Å². The monoisotopic (exact) mass is 401 g/mol. The van der Waals surface area contributed by atoms with Crippen LogP contribution < -0.4 is 11.2 Å². The second kappa shape index (κ2) is 8.29. The Balaban J connectivity index is 1.60. The number of hydrogen-bond acceptors (Lipinski definition) is 6. The molecule has 2 aliphatic heterocycles. The van der Waals surface area contributed by atoms with Gasteiger partial charge in [-0.2, -0.15) is 5.10 Å². The van der Waals surface area contributed by atoms with E-state index >= 15 is 0 Å². The number of urea groups is 1. The molecule has 0 aliphatic carbocycles. The zero-order valence-corrected chi connectivity index (χ0v) is 15.8. The van der Waals surface area contributed by atoms with E-state index in [-0.39, 0.29) is 31.2 Å². The molecule has 10 nitrogen and oxygen atoms in total. The number of carbonyl (C=O) groups is 4. The number of carbonyl (C=O) groups excluding carboxylic acids is 3. The molecule has 4 amide bonds. The number of nitrogens with two attached hydrogens (primary N) is 1. The summed E-state index contributed by atoms with van der Waals surface area (Å²) in [5.41, 5.74) is 0.287. The van der Waals surface area contributed by atoms with Crippen LogP contribution in [0, 0.1) is 0 Å². The highest BCUT2D eigenvalue weighted by molar-refractivity contribution is 6.07. The zero-order valence-electron chi connectivity index (χ0n) is 15.8. The van der Waals surface area contributed by atoms with Gasteiger partial charge in [-0.15, -0.1) is 0 Å². The Kier molecular flexibility index (Phi) is 5.81. The van der Waals surface area contributed by atoms with Crippen LogP contribution in [0.3, 0.4) is 0 Å². The van der Waals surface area contributed by atoms with Crippen molar-refractivity contribution >= 4 is 30.0 Å². The Hall–Kier alpha value is -3.43. The van der Waals surface area contributed by atoms with Crippen LogP contribution in [0.5, 0.6) is 0 Å². The van der Waals surface area contributed by atoms with Crippen LogP contribution in [0.25, 0.3) is 0 Å². The van der Waals surface area contributed by atoms with Crippen molar-refractivity contribution in [3.63, 3.8) is 0 Å². The standard InChI is InChI=1S/C19H23N5O5/c20-21-12-13-3-5-14(6-4-13)16(27)23-10-7-19(8-11-23)17(28)24(18(29)22-19)9-1-2-15(25)26/h3-6,12H,1-2,7-11,20H2,(H,22,29)(H,25,26). The fraction of sp³-hybridized carbons (Fsp3) is 0.421. The van der Waals surface area contributed by atoms with Crippen molar-refractivity contribution in [1.29, 1.82) is 0 Å². The van der Waals surface area contributed by atoms with Crippen LogP contribution in [-0.4, -0.2) is 70.1 Å². The van der Waals surface area contributed by atoms with Gasteiger partial charge in [0.2, 0.25) is 0 Å². The van der Waals surface area contributed by atoms with Crippen molar-refractivity contribution in [1.82, 2.24) is 15.1 Å². The van der Waals surface area contributed by atoms with Crippen LogP contribution in [-0.2, 0) is 9.59 Å². The van der Waals surface area contributed by atoms with Gasteiger partial charge in [0.1, 0.15) is 5.54 Å². The SMILES string of the molecule is NN=Cc1ccc(C(=O)N2CCC3(CC2)NC(=O)N(CCCC(=O)O)C3=O)cc1. The Morgan fingerprint density at radius 2 is 1.86 bits per heavy atom. The number of hydrazone groups is 1. The first-order valence-electron chi connectivity index (χ1n) is 9.35. The number of piperidine rings is 1. The molecule has 154 valence electrons. The van der Waals surface area contributed by atoms with Crippen molar-refractivity contribution in [2.24, 2.45) is 10.9 Å². The summed E-state index contributed by atoms with van der Waals surface area (Å²) in [4.78, 5) is 51.1. The van der Waals surface area contributed by atoms with Gasteiger partial charge in [0.25, 0.3) is 11.8 Å². The normalized spacial score (nSPS) is 18.5. The molecule has 1 aromatic rings. The van der Waals surface area contributed by atoms with E-state index in [4.69, 9.17) is 10.9 Å². The number of aliphatic carboxylic acids is 1. The maximum atomic E-state index is 12.8. The first-order valence-corrected chi connectivity index (χ1v) is 9.35. The van der Waals surface area contributed by atoms with Gasteiger partial charge in [-0.25, -0.2) is 4.79 Å². The third-order valence-corrected chi connectivity index (χ3v) is 5.30. The molecule has 3 rings (SSSR count). The quantitative estimate of drug-likeness (QED) is 0.272. The minimum atomic E-state index is -1.02. The molecule has 29 heavy (non-hydrogen) atoms. The van der Waals surface area contributed by atoms with Gasteiger partial charge in [0.05, 0.1) is 6.21 Å². The van der Waals surface area contributed by atoms with Gasteiger partial charge < -0.3 is 21.2 Å². The lowest BCUT2D eigenvalue weighted by atomic mass is 9.87.